The van der Waals surface area contributed by atoms with Gasteiger partial charge in [-0.3, -0.25) is 14.4 Å². The van der Waals surface area contributed by atoms with Crippen molar-refractivity contribution in [2.75, 3.05) is 18.1 Å². The Morgan fingerprint density at radius 3 is 2.19 bits per heavy atom. The molecule has 2 amide bonds. The first-order valence-corrected chi connectivity index (χ1v) is 10.2. The van der Waals surface area contributed by atoms with Crippen molar-refractivity contribution in [3.8, 4) is 0 Å². The fourth-order valence-electron chi connectivity index (χ4n) is 3.05. The van der Waals surface area contributed by atoms with Gasteiger partial charge in [0.2, 0.25) is 5.91 Å². The van der Waals surface area contributed by atoms with Gasteiger partial charge in [-0.15, -0.1) is 0 Å². The average Bonchev–Trinajstić information content (AvgIpc) is 3.06. The van der Waals surface area contributed by atoms with Gasteiger partial charge in [0.05, 0.1) is 6.42 Å². The number of hydrogen-bond acceptors (Lipinski definition) is 5. The van der Waals surface area contributed by atoms with Crippen LogP contribution in [0.5, 0.6) is 0 Å². The van der Waals surface area contributed by atoms with Gasteiger partial charge >= 0.3 is 5.97 Å². The molecule has 0 aromatic heterocycles. The van der Waals surface area contributed by atoms with E-state index in [0.717, 1.165) is 6.26 Å². The highest BCUT2D eigenvalue weighted by atomic mass is 32.2. The maximum absolute atomic E-state index is 12.6. The summed E-state index contributed by atoms with van der Waals surface area (Å²) in [5, 5.41) is 13.7. The predicted octanol–water partition coefficient (Wildman–Crippen LogP) is 1.19. The van der Waals surface area contributed by atoms with E-state index < -0.39 is 32.4 Å². The molecule has 3 N–H and O–H groups in total. The molecule has 0 heterocycles. The molecule has 0 radical (unpaired) electrons. The van der Waals surface area contributed by atoms with Crippen LogP contribution in [0.25, 0.3) is 0 Å². The lowest BCUT2D eigenvalue weighted by Gasteiger charge is -2.25. The number of anilines is 1. The summed E-state index contributed by atoms with van der Waals surface area (Å²) in [5.74, 6) is -1.97. The number of benzene rings is 1. The highest BCUT2D eigenvalue weighted by Gasteiger charge is 2.49. The second kappa shape index (κ2) is 7.86. The first-order chi connectivity index (χ1) is 12.2. The fourth-order valence-corrected chi connectivity index (χ4v) is 4.47. The second-order valence-corrected chi connectivity index (χ2v) is 8.73. The highest BCUT2D eigenvalue weighted by Crippen LogP contribution is 2.37. The van der Waals surface area contributed by atoms with Crippen molar-refractivity contribution in [1.29, 1.82) is 0 Å². The van der Waals surface area contributed by atoms with Crippen LogP contribution in [-0.4, -0.2) is 48.9 Å². The standard InChI is InChI=1S/C17H22N2O6S/c1-26(24,25)17(9-2-3-10-17)16(23)19-13-6-4-12(5-7-13)15(22)18-11-8-14(20)21/h4-7H,2-3,8-11H2,1H3,(H,18,22)(H,19,23)(H,20,21). The van der Waals surface area contributed by atoms with E-state index in [2.05, 4.69) is 10.6 Å². The minimum absolute atomic E-state index is 0.0174. The molecule has 0 spiro atoms. The van der Waals surface area contributed by atoms with Gasteiger partial charge in [-0.05, 0) is 37.1 Å². The first-order valence-electron chi connectivity index (χ1n) is 8.27. The number of aliphatic carboxylic acids is 1. The minimum Gasteiger partial charge on any atom is -0.481 e. The lowest BCUT2D eigenvalue weighted by atomic mass is 10.1. The minimum atomic E-state index is -3.55. The van der Waals surface area contributed by atoms with Crippen LogP contribution in [0.2, 0.25) is 0 Å². The third-order valence-corrected chi connectivity index (χ3v) is 6.58. The van der Waals surface area contributed by atoms with Gasteiger partial charge in [0, 0.05) is 24.1 Å². The number of rotatable bonds is 7. The monoisotopic (exact) mass is 382 g/mol. The summed E-state index contributed by atoms with van der Waals surface area (Å²) in [7, 11) is -3.55. The summed E-state index contributed by atoms with van der Waals surface area (Å²) in [6, 6.07) is 5.98. The molecule has 1 aromatic rings. The zero-order chi connectivity index (χ0) is 19.4. The van der Waals surface area contributed by atoms with Crippen molar-refractivity contribution < 1.29 is 27.9 Å². The zero-order valence-electron chi connectivity index (χ0n) is 14.4. The van der Waals surface area contributed by atoms with Crippen LogP contribution in [0.3, 0.4) is 0 Å². The summed E-state index contributed by atoms with van der Waals surface area (Å²) in [6.45, 7) is 0.0174. The normalized spacial score (nSPS) is 16.0. The highest BCUT2D eigenvalue weighted by molar-refractivity contribution is 7.92. The number of hydrogen-bond donors (Lipinski definition) is 3. The number of carbonyl (C=O) groups excluding carboxylic acids is 2. The number of carboxylic acid groups (broad SMARTS) is 1. The van der Waals surface area contributed by atoms with Crippen molar-refractivity contribution >= 4 is 33.3 Å². The third kappa shape index (κ3) is 4.40. The Balaban J connectivity index is 2.03. The molecule has 0 bridgehead atoms. The van der Waals surface area contributed by atoms with Gasteiger partial charge in [0.15, 0.2) is 14.6 Å². The average molecular weight is 382 g/mol. The summed E-state index contributed by atoms with van der Waals surface area (Å²) in [6.07, 6.45) is 2.91. The smallest absolute Gasteiger partial charge is 0.305 e. The molecule has 0 atom stereocenters. The Hall–Kier alpha value is -2.42. The van der Waals surface area contributed by atoms with Crippen molar-refractivity contribution in [1.82, 2.24) is 5.32 Å². The second-order valence-electron chi connectivity index (χ2n) is 6.40. The molecule has 26 heavy (non-hydrogen) atoms. The lowest BCUT2D eigenvalue weighted by Crippen LogP contribution is -2.47. The number of sulfone groups is 1. The van der Waals surface area contributed by atoms with Gasteiger partial charge in [-0.25, -0.2) is 8.42 Å². The molecule has 2 rings (SSSR count). The van der Waals surface area contributed by atoms with Crippen LogP contribution < -0.4 is 10.6 Å². The van der Waals surface area contributed by atoms with Crippen LogP contribution in [0.4, 0.5) is 5.69 Å². The SMILES string of the molecule is CS(=O)(=O)C1(C(=O)Nc2ccc(C(=O)NCCC(=O)O)cc2)CCCC1. The molecule has 9 heteroatoms. The van der Waals surface area contributed by atoms with Crippen LogP contribution >= 0.6 is 0 Å². The summed E-state index contributed by atoms with van der Waals surface area (Å²) < 4.78 is 22.9. The van der Waals surface area contributed by atoms with E-state index in [1.807, 2.05) is 0 Å². The van der Waals surface area contributed by atoms with Crippen LogP contribution in [0.15, 0.2) is 24.3 Å². The molecule has 1 aliphatic rings. The number of carboxylic acids is 1. The van der Waals surface area contributed by atoms with Gasteiger partial charge < -0.3 is 15.7 Å². The molecule has 0 saturated heterocycles. The molecule has 0 unspecified atom stereocenters. The van der Waals surface area contributed by atoms with E-state index >= 15 is 0 Å². The van der Waals surface area contributed by atoms with E-state index in [1.54, 1.807) is 0 Å². The Bertz CT molecular complexity index is 795. The first kappa shape index (κ1) is 19.9. The van der Waals surface area contributed by atoms with Gasteiger partial charge in [0.1, 0.15) is 0 Å². The Morgan fingerprint density at radius 2 is 1.69 bits per heavy atom. The maximum atomic E-state index is 12.6. The van der Waals surface area contributed by atoms with Crippen molar-refractivity contribution in [2.24, 2.45) is 0 Å². The van der Waals surface area contributed by atoms with Crippen LogP contribution in [0.1, 0.15) is 42.5 Å². The molecule has 1 aliphatic carbocycles. The Morgan fingerprint density at radius 1 is 1.12 bits per heavy atom. The Kier molecular flexibility index (Phi) is 6.01. The van der Waals surface area contributed by atoms with E-state index in [9.17, 15) is 22.8 Å². The van der Waals surface area contributed by atoms with E-state index in [0.29, 0.717) is 36.9 Å². The summed E-state index contributed by atoms with van der Waals surface area (Å²) >= 11 is 0. The van der Waals surface area contributed by atoms with E-state index in [-0.39, 0.29) is 13.0 Å². The molecule has 8 nitrogen and oxygen atoms in total. The van der Waals surface area contributed by atoms with Crippen LogP contribution in [0, 0.1) is 0 Å². The van der Waals surface area contributed by atoms with Gasteiger partial charge in [-0.2, -0.15) is 0 Å². The topological polar surface area (TPSA) is 130 Å². The zero-order valence-corrected chi connectivity index (χ0v) is 15.3. The number of nitrogens with one attached hydrogen (secondary N) is 2. The van der Waals surface area contributed by atoms with Gasteiger partial charge in [0.25, 0.3) is 5.91 Å². The van der Waals surface area contributed by atoms with Crippen LogP contribution in [-0.2, 0) is 19.4 Å². The molecule has 1 fully saturated rings. The van der Waals surface area contributed by atoms with Crippen molar-refractivity contribution in [2.45, 2.75) is 36.9 Å². The number of amides is 2. The molecule has 1 saturated carbocycles. The van der Waals surface area contributed by atoms with Crippen molar-refractivity contribution in [3.63, 3.8) is 0 Å². The fraction of sp³-hybridized carbons (Fsp3) is 0.471. The quantitative estimate of drug-likeness (QED) is 0.649. The summed E-state index contributed by atoms with van der Waals surface area (Å²) in [5.41, 5.74) is 0.707. The molecule has 142 valence electrons. The van der Waals surface area contributed by atoms with E-state index in [1.165, 1.54) is 24.3 Å². The van der Waals surface area contributed by atoms with E-state index in [4.69, 9.17) is 5.11 Å². The molecular weight excluding hydrogens is 360 g/mol. The largest absolute Gasteiger partial charge is 0.481 e. The number of carbonyl (C=O) groups is 3. The molecular formula is C17H22N2O6S. The lowest BCUT2D eigenvalue weighted by molar-refractivity contribution is -0.136. The maximum Gasteiger partial charge on any atom is 0.305 e. The third-order valence-electron chi connectivity index (χ3n) is 4.56. The molecule has 0 aliphatic heterocycles. The Labute approximate surface area is 151 Å². The summed E-state index contributed by atoms with van der Waals surface area (Å²) in [4.78, 5) is 34.9. The molecule has 1 aromatic carbocycles. The van der Waals surface area contributed by atoms with Gasteiger partial charge in [-0.1, -0.05) is 12.8 Å². The predicted molar refractivity (Wildman–Crippen MR) is 95.7 cm³/mol. The van der Waals surface area contributed by atoms with Crippen molar-refractivity contribution in [3.05, 3.63) is 29.8 Å².